The smallest absolute Gasteiger partial charge is 0.475 e. The van der Waals surface area contributed by atoms with Crippen LogP contribution in [0.5, 0.6) is 0 Å². The van der Waals surface area contributed by atoms with Gasteiger partial charge in [0.25, 0.3) is 0 Å². The molecule has 0 bridgehead atoms. The van der Waals surface area contributed by atoms with Crippen molar-refractivity contribution in [2.45, 2.75) is 29.1 Å². The molecule has 4 N–H and O–H groups in total. The summed E-state index contributed by atoms with van der Waals surface area (Å²) in [7, 11) is -2.30. The van der Waals surface area contributed by atoms with E-state index in [4.69, 9.17) is 9.90 Å². The molecule has 17 heteroatoms. The molecule has 0 aliphatic carbocycles. The number of hydrogen-bond donors (Lipinski definition) is 4. The SMILES string of the molecule is CCSc1ccc(S(=O)(=O)NC)cc1Nc1cc(Nc2ccc(C(F)(F)F)cc2)ncn1.O=C(O)C(F)(F)F. The minimum Gasteiger partial charge on any atom is -0.475 e. The highest BCUT2D eigenvalue weighted by molar-refractivity contribution is 7.99. The normalized spacial score (nSPS) is 11.8. The maximum absolute atomic E-state index is 12.7. The predicted molar refractivity (Wildman–Crippen MR) is 133 cm³/mol. The lowest BCUT2D eigenvalue weighted by Crippen LogP contribution is -2.21. The number of anilines is 4. The van der Waals surface area contributed by atoms with Gasteiger partial charge in [0.15, 0.2) is 0 Å². The summed E-state index contributed by atoms with van der Waals surface area (Å²) in [6, 6.07) is 10.9. The number of nitrogens with one attached hydrogen (secondary N) is 3. The van der Waals surface area contributed by atoms with E-state index in [-0.39, 0.29) is 4.90 Å². The summed E-state index contributed by atoms with van der Waals surface area (Å²) >= 11 is 1.53. The third kappa shape index (κ3) is 9.60. The number of halogens is 6. The molecule has 0 unspecified atom stereocenters. The molecule has 0 saturated carbocycles. The average Bonchev–Trinajstić information content (AvgIpc) is 2.85. The second-order valence-electron chi connectivity index (χ2n) is 7.22. The quantitative estimate of drug-likeness (QED) is 0.192. The first kappa shape index (κ1) is 31.6. The minimum absolute atomic E-state index is 0.0973. The summed E-state index contributed by atoms with van der Waals surface area (Å²) in [5.41, 5.74) is 0.227. The molecule has 0 atom stereocenters. The Morgan fingerprint density at radius 3 is 2.00 bits per heavy atom. The Hall–Kier alpha value is -3.57. The third-order valence-electron chi connectivity index (χ3n) is 4.49. The number of rotatable bonds is 8. The maximum atomic E-state index is 12.7. The fourth-order valence-corrected chi connectivity index (χ4v) is 4.19. The van der Waals surface area contributed by atoms with Gasteiger partial charge in [0.2, 0.25) is 10.0 Å². The summed E-state index contributed by atoms with van der Waals surface area (Å²) < 4.78 is 96.5. The summed E-state index contributed by atoms with van der Waals surface area (Å²) in [6.07, 6.45) is -8.20. The number of carbonyl (C=O) groups is 1. The molecular formula is C22H21F6N5O4S2. The van der Waals surface area contributed by atoms with E-state index < -0.39 is 33.9 Å². The van der Waals surface area contributed by atoms with Gasteiger partial charge in [-0.1, -0.05) is 6.92 Å². The third-order valence-corrected chi connectivity index (χ3v) is 6.85. The lowest BCUT2D eigenvalue weighted by molar-refractivity contribution is -0.192. The number of hydrogen-bond acceptors (Lipinski definition) is 8. The van der Waals surface area contributed by atoms with Crippen LogP contribution >= 0.6 is 11.8 Å². The van der Waals surface area contributed by atoms with Gasteiger partial charge in [-0.2, -0.15) is 26.3 Å². The van der Waals surface area contributed by atoms with E-state index in [0.29, 0.717) is 23.0 Å². The van der Waals surface area contributed by atoms with Crippen LogP contribution in [0.2, 0.25) is 0 Å². The van der Waals surface area contributed by atoms with E-state index in [1.807, 2.05) is 6.92 Å². The first-order valence-corrected chi connectivity index (χ1v) is 13.1. The highest BCUT2D eigenvalue weighted by atomic mass is 32.2. The molecule has 2 aromatic carbocycles. The number of thioether (sulfide) groups is 1. The molecular weight excluding hydrogens is 576 g/mol. The van der Waals surface area contributed by atoms with Crippen LogP contribution in [0, 0.1) is 0 Å². The Morgan fingerprint density at radius 2 is 1.51 bits per heavy atom. The molecule has 212 valence electrons. The van der Waals surface area contributed by atoms with Crippen molar-refractivity contribution in [1.29, 1.82) is 0 Å². The van der Waals surface area contributed by atoms with Crippen LogP contribution in [0.4, 0.5) is 49.4 Å². The van der Waals surface area contributed by atoms with E-state index >= 15 is 0 Å². The summed E-state index contributed by atoms with van der Waals surface area (Å²) in [4.78, 5) is 18.1. The molecule has 0 radical (unpaired) electrons. The lowest BCUT2D eigenvalue weighted by Gasteiger charge is -2.14. The molecule has 3 aromatic rings. The van der Waals surface area contributed by atoms with Crippen LogP contribution in [0.15, 0.2) is 64.6 Å². The van der Waals surface area contributed by atoms with Crippen LogP contribution in [-0.4, -0.2) is 48.4 Å². The van der Waals surface area contributed by atoms with Crippen LogP contribution in [0.3, 0.4) is 0 Å². The van der Waals surface area contributed by atoms with Crippen molar-refractivity contribution in [3.8, 4) is 0 Å². The van der Waals surface area contributed by atoms with Crippen molar-refractivity contribution < 1.29 is 44.7 Å². The number of aliphatic carboxylic acids is 1. The molecule has 0 spiro atoms. The Labute approximate surface area is 223 Å². The molecule has 0 amide bonds. The van der Waals surface area contributed by atoms with Gasteiger partial charge in [-0.15, -0.1) is 11.8 Å². The van der Waals surface area contributed by atoms with Crippen LogP contribution in [-0.2, 0) is 21.0 Å². The van der Waals surface area contributed by atoms with E-state index in [9.17, 15) is 34.8 Å². The summed E-state index contributed by atoms with van der Waals surface area (Å²) in [6.45, 7) is 1.98. The molecule has 9 nitrogen and oxygen atoms in total. The van der Waals surface area contributed by atoms with Gasteiger partial charge in [-0.25, -0.2) is 27.9 Å². The number of carboxylic acids is 1. The second kappa shape index (κ2) is 13.0. The maximum Gasteiger partial charge on any atom is 0.490 e. The molecule has 0 aliphatic rings. The zero-order valence-corrected chi connectivity index (χ0v) is 21.7. The number of aromatic nitrogens is 2. The van der Waals surface area contributed by atoms with Crippen LogP contribution < -0.4 is 15.4 Å². The number of sulfonamides is 1. The molecule has 39 heavy (non-hydrogen) atoms. The van der Waals surface area contributed by atoms with Gasteiger partial charge < -0.3 is 15.7 Å². The van der Waals surface area contributed by atoms with Gasteiger partial charge in [0.05, 0.1) is 16.1 Å². The number of nitrogens with zero attached hydrogens (tertiary/aromatic N) is 2. The minimum atomic E-state index is -5.08. The molecule has 3 rings (SSSR count). The predicted octanol–water partition coefficient (Wildman–Crippen LogP) is 5.64. The fraction of sp³-hybridized carbons (Fsp3) is 0.227. The van der Waals surface area contributed by atoms with Crippen LogP contribution in [0.1, 0.15) is 12.5 Å². The van der Waals surface area contributed by atoms with Crippen molar-refractivity contribution in [3.63, 3.8) is 0 Å². The van der Waals surface area contributed by atoms with E-state index in [1.54, 1.807) is 12.1 Å². The fourth-order valence-electron chi connectivity index (χ4n) is 2.70. The highest BCUT2D eigenvalue weighted by Gasteiger charge is 2.38. The lowest BCUT2D eigenvalue weighted by atomic mass is 10.2. The molecule has 1 aromatic heterocycles. The molecule has 0 aliphatic heterocycles. The van der Waals surface area contributed by atoms with Crippen molar-refractivity contribution >= 4 is 50.8 Å². The Kier molecular flexibility index (Phi) is 10.5. The van der Waals surface area contributed by atoms with Crippen molar-refractivity contribution in [1.82, 2.24) is 14.7 Å². The first-order valence-electron chi connectivity index (χ1n) is 10.6. The largest absolute Gasteiger partial charge is 0.490 e. The average molecular weight is 598 g/mol. The van der Waals surface area contributed by atoms with E-state index in [0.717, 1.165) is 22.8 Å². The van der Waals surface area contributed by atoms with Crippen molar-refractivity contribution in [2.75, 3.05) is 23.4 Å². The van der Waals surface area contributed by atoms with Crippen LogP contribution in [0.25, 0.3) is 0 Å². The Balaban J connectivity index is 0.000000673. The van der Waals surface area contributed by atoms with Gasteiger partial charge in [-0.05, 0) is 55.3 Å². The number of carboxylic acid groups (broad SMARTS) is 1. The summed E-state index contributed by atoms with van der Waals surface area (Å²) in [5, 5.41) is 13.1. The topological polar surface area (TPSA) is 133 Å². The summed E-state index contributed by atoms with van der Waals surface area (Å²) in [5.74, 6) is -1.25. The molecule has 0 fully saturated rings. The first-order chi connectivity index (χ1) is 18.1. The Bertz CT molecular complexity index is 1380. The monoisotopic (exact) mass is 597 g/mol. The zero-order valence-electron chi connectivity index (χ0n) is 20.1. The number of benzene rings is 2. The Morgan fingerprint density at radius 1 is 0.949 bits per heavy atom. The van der Waals surface area contributed by atoms with Gasteiger partial charge in [0, 0.05) is 16.6 Å². The van der Waals surface area contributed by atoms with E-state index in [2.05, 4.69) is 25.3 Å². The molecule has 1 heterocycles. The number of alkyl halides is 6. The zero-order chi connectivity index (χ0) is 29.4. The van der Waals surface area contributed by atoms with Gasteiger partial charge >= 0.3 is 18.3 Å². The standard InChI is InChI=1S/C20H20F3N5O2S2.C2HF3O2/c1-3-31-17-9-8-15(32(29,30)24-2)10-16(17)28-19-11-18(25-12-26-19)27-14-6-4-13(5-7-14)20(21,22)23;3-2(4,5)1(6)7/h4-12,24H,3H2,1-2H3,(H2,25,26,27,28);(H,6,7). The molecule has 0 saturated heterocycles. The second-order valence-corrected chi connectivity index (χ2v) is 10.4. The van der Waals surface area contributed by atoms with Gasteiger partial charge in [0.1, 0.15) is 18.0 Å². The van der Waals surface area contributed by atoms with Gasteiger partial charge in [-0.3, -0.25) is 0 Å². The van der Waals surface area contributed by atoms with E-state index in [1.165, 1.54) is 49.4 Å². The van der Waals surface area contributed by atoms with Crippen molar-refractivity contribution in [2.24, 2.45) is 0 Å². The van der Waals surface area contributed by atoms with Crippen molar-refractivity contribution in [3.05, 3.63) is 60.4 Å². The highest BCUT2D eigenvalue weighted by Crippen LogP contribution is 2.33.